The average molecular weight is 214 g/mol. The highest BCUT2D eigenvalue weighted by atomic mass is 35.5. The van der Waals surface area contributed by atoms with Crippen LogP contribution >= 0.6 is 11.6 Å². The van der Waals surface area contributed by atoms with Crippen molar-refractivity contribution in [1.29, 1.82) is 0 Å². The number of nitrogens with zero attached hydrogens (tertiary/aromatic N) is 1. The third-order valence-electron chi connectivity index (χ3n) is 1.88. The molecule has 0 bridgehead atoms. The van der Waals surface area contributed by atoms with Crippen LogP contribution in [-0.4, -0.2) is 25.1 Å². The first-order chi connectivity index (χ1) is 6.83. The first-order valence-corrected chi connectivity index (χ1v) is 5.16. The van der Waals surface area contributed by atoms with Gasteiger partial charge in [0.25, 0.3) is 0 Å². The standard InChI is InChI=1S/C10H16ClN3/c1-12-5-2-6-13-8-10-4-3-9(11)7-14-10/h3-4,7,12-13H,2,5-6,8H2,1H3. The molecule has 0 saturated carbocycles. The van der Waals surface area contributed by atoms with Gasteiger partial charge in [-0.3, -0.25) is 4.98 Å². The maximum atomic E-state index is 5.72. The van der Waals surface area contributed by atoms with E-state index in [9.17, 15) is 0 Å². The molecule has 1 heterocycles. The van der Waals surface area contributed by atoms with Gasteiger partial charge in [-0.25, -0.2) is 0 Å². The lowest BCUT2D eigenvalue weighted by Crippen LogP contribution is -2.19. The summed E-state index contributed by atoms with van der Waals surface area (Å²) < 4.78 is 0. The molecule has 0 aliphatic heterocycles. The van der Waals surface area contributed by atoms with Gasteiger partial charge in [0.1, 0.15) is 0 Å². The van der Waals surface area contributed by atoms with Crippen molar-refractivity contribution in [2.45, 2.75) is 13.0 Å². The number of aromatic nitrogens is 1. The molecule has 2 N–H and O–H groups in total. The van der Waals surface area contributed by atoms with Gasteiger partial charge in [0, 0.05) is 12.7 Å². The molecule has 0 fully saturated rings. The number of hydrogen-bond acceptors (Lipinski definition) is 3. The van der Waals surface area contributed by atoms with Gasteiger partial charge < -0.3 is 10.6 Å². The molecular weight excluding hydrogens is 198 g/mol. The minimum Gasteiger partial charge on any atom is -0.320 e. The summed E-state index contributed by atoms with van der Waals surface area (Å²) >= 11 is 5.72. The second kappa shape index (κ2) is 6.76. The number of pyridine rings is 1. The molecule has 0 aliphatic rings. The van der Waals surface area contributed by atoms with Crippen molar-refractivity contribution in [2.75, 3.05) is 20.1 Å². The van der Waals surface area contributed by atoms with Gasteiger partial charge in [0.05, 0.1) is 10.7 Å². The molecule has 0 atom stereocenters. The highest BCUT2D eigenvalue weighted by Crippen LogP contribution is 2.05. The van der Waals surface area contributed by atoms with Crippen molar-refractivity contribution in [3.05, 3.63) is 29.0 Å². The van der Waals surface area contributed by atoms with E-state index in [0.29, 0.717) is 5.02 Å². The van der Waals surface area contributed by atoms with Crippen molar-refractivity contribution < 1.29 is 0 Å². The Morgan fingerprint density at radius 1 is 1.36 bits per heavy atom. The Morgan fingerprint density at radius 3 is 2.86 bits per heavy atom. The molecule has 1 rings (SSSR count). The summed E-state index contributed by atoms with van der Waals surface area (Å²) in [6, 6.07) is 3.80. The van der Waals surface area contributed by atoms with Crippen molar-refractivity contribution >= 4 is 11.6 Å². The molecule has 3 nitrogen and oxygen atoms in total. The summed E-state index contributed by atoms with van der Waals surface area (Å²) in [4.78, 5) is 4.19. The Hall–Kier alpha value is -0.640. The monoisotopic (exact) mass is 213 g/mol. The SMILES string of the molecule is CNCCCNCc1ccc(Cl)cn1. The van der Waals surface area contributed by atoms with Crippen molar-refractivity contribution in [1.82, 2.24) is 15.6 Å². The largest absolute Gasteiger partial charge is 0.320 e. The Balaban J connectivity index is 2.15. The fraction of sp³-hybridized carbons (Fsp3) is 0.500. The van der Waals surface area contributed by atoms with Crippen LogP contribution in [0.2, 0.25) is 5.02 Å². The van der Waals surface area contributed by atoms with Crippen LogP contribution in [-0.2, 0) is 6.54 Å². The van der Waals surface area contributed by atoms with E-state index in [1.54, 1.807) is 6.20 Å². The minimum absolute atomic E-state index is 0.684. The fourth-order valence-electron chi connectivity index (χ4n) is 1.12. The van der Waals surface area contributed by atoms with Gasteiger partial charge in [-0.15, -0.1) is 0 Å². The van der Waals surface area contributed by atoms with Crippen LogP contribution in [0.3, 0.4) is 0 Å². The van der Waals surface area contributed by atoms with Crippen LogP contribution in [0, 0.1) is 0 Å². The first kappa shape index (κ1) is 11.4. The number of rotatable bonds is 6. The van der Waals surface area contributed by atoms with Crippen LogP contribution in [0.1, 0.15) is 12.1 Å². The quantitative estimate of drug-likeness (QED) is 0.703. The van der Waals surface area contributed by atoms with E-state index in [-0.39, 0.29) is 0 Å². The van der Waals surface area contributed by atoms with Crippen LogP contribution in [0.15, 0.2) is 18.3 Å². The summed E-state index contributed by atoms with van der Waals surface area (Å²) in [7, 11) is 1.96. The molecule has 0 aliphatic carbocycles. The molecule has 0 radical (unpaired) electrons. The molecule has 14 heavy (non-hydrogen) atoms. The third kappa shape index (κ3) is 4.56. The maximum Gasteiger partial charge on any atom is 0.0589 e. The second-order valence-electron chi connectivity index (χ2n) is 3.10. The molecule has 0 unspecified atom stereocenters. The van der Waals surface area contributed by atoms with Crippen molar-refractivity contribution in [2.24, 2.45) is 0 Å². The number of nitrogens with one attached hydrogen (secondary N) is 2. The Bertz CT molecular complexity index is 248. The van der Waals surface area contributed by atoms with E-state index < -0.39 is 0 Å². The second-order valence-corrected chi connectivity index (χ2v) is 3.54. The molecular formula is C10H16ClN3. The number of halogens is 1. The van der Waals surface area contributed by atoms with Gasteiger partial charge in [-0.1, -0.05) is 11.6 Å². The molecule has 0 spiro atoms. The fourth-order valence-corrected chi connectivity index (χ4v) is 1.23. The first-order valence-electron chi connectivity index (χ1n) is 4.78. The van der Waals surface area contributed by atoms with E-state index in [0.717, 1.165) is 31.7 Å². The maximum absolute atomic E-state index is 5.72. The van der Waals surface area contributed by atoms with E-state index in [4.69, 9.17) is 11.6 Å². The Kier molecular flexibility index (Phi) is 5.52. The van der Waals surface area contributed by atoms with Gasteiger partial charge in [-0.05, 0) is 38.7 Å². The van der Waals surface area contributed by atoms with Crippen LogP contribution in [0.5, 0.6) is 0 Å². The lowest BCUT2D eigenvalue weighted by atomic mass is 10.3. The highest BCUT2D eigenvalue weighted by Gasteiger charge is 1.93. The van der Waals surface area contributed by atoms with Gasteiger partial charge in [-0.2, -0.15) is 0 Å². The summed E-state index contributed by atoms with van der Waals surface area (Å²) in [5.74, 6) is 0. The molecule has 78 valence electrons. The topological polar surface area (TPSA) is 37.0 Å². The van der Waals surface area contributed by atoms with Crippen molar-refractivity contribution in [3.63, 3.8) is 0 Å². The van der Waals surface area contributed by atoms with E-state index in [2.05, 4.69) is 15.6 Å². The molecule has 4 heteroatoms. The zero-order chi connectivity index (χ0) is 10.2. The van der Waals surface area contributed by atoms with E-state index in [1.165, 1.54) is 0 Å². The third-order valence-corrected chi connectivity index (χ3v) is 2.10. The lowest BCUT2D eigenvalue weighted by Gasteiger charge is -2.03. The van der Waals surface area contributed by atoms with E-state index in [1.807, 2.05) is 19.2 Å². The zero-order valence-corrected chi connectivity index (χ0v) is 9.14. The molecule has 1 aromatic rings. The van der Waals surface area contributed by atoms with Crippen LogP contribution in [0.25, 0.3) is 0 Å². The number of hydrogen-bond donors (Lipinski definition) is 2. The molecule has 0 aromatic carbocycles. The average Bonchev–Trinajstić information content (AvgIpc) is 2.21. The normalized spacial score (nSPS) is 10.4. The molecule has 1 aromatic heterocycles. The van der Waals surface area contributed by atoms with Crippen LogP contribution < -0.4 is 10.6 Å². The Morgan fingerprint density at radius 2 is 2.21 bits per heavy atom. The lowest BCUT2D eigenvalue weighted by molar-refractivity contribution is 0.619. The minimum atomic E-state index is 0.684. The van der Waals surface area contributed by atoms with Crippen LogP contribution in [0.4, 0.5) is 0 Å². The summed E-state index contributed by atoms with van der Waals surface area (Å²) in [5, 5.41) is 7.10. The highest BCUT2D eigenvalue weighted by molar-refractivity contribution is 6.30. The predicted octanol–water partition coefficient (Wildman–Crippen LogP) is 1.43. The molecule has 0 amide bonds. The van der Waals surface area contributed by atoms with Crippen molar-refractivity contribution in [3.8, 4) is 0 Å². The van der Waals surface area contributed by atoms with Gasteiger partial charge >= 0.3 is 0 Å². The summed E-state index contributed by atoms with van der Waals surface area (Å²) in [5.41, 5.74) is 1.03. The predicted molar refractivity (Wildman–Crippen MR) is 59.5 cm³/mol. The van der Waals surface area contributed by atoms with Gasteiger partial charge in [0.15, 0.2) is 0 Å². The zero-order valence-electron chi connectivity index (χ0n) is 8.39. The smallest absolute Gasteiger partial charge is 0.0589 e. The summed E-state index contributed by atoms with van der Waals surface area (Å²) in [6.45, 7) is 2.85. The Labute approximate surface area is 89.9 Å². The van der Waals surface area contributed by atoms with E-state index >= 15 is 0 Å². The molecule has 0 saturated heterocycles. The van der Waals surface area contributed by atoms with Gasteiger partial charge in [0.2, 0.25) is 0 Å². The summed E-state index contributed by atoms with van der Waals surface area (Å²) in [6.07, 6.45) is 2.80.